The Hall–Kier alpha value is -2.32. The predicted molar refractivity (Wildman–Crippen MR) is 129 cm³/mol. The molecule has 1 amide bonds. The molecule has 2 aromatic rings. The molecule has 178 valence electrons. The normalized spacial score (nSPS) is 22.5. The first kappa shape index (κ1) is 23.8. The zero-order valence-corrected chi connectivity index (χ0v) is 20.8. The van der Waals surface area contributed by atoms with Crippen molar-refractivity contribution in [2.24, 2.45) is 0 Å². The van der Waals surface area contributed by atoms with Gasteiger partial charge in [0.05, 0.1) is 17.4 Å². The van der Waals surface area contributed by atoms with Gasteiger partial charge in [0.2, 0.25) is 0 Å². The van der Waals surface area contributed by atoms with Gasteiger partial charge in [-0.05, 0) is 66.8 Å². The number of benzene rings is 1. The number of nitrogens with zero attached hydrogens (tertiary/aromatic N) is 2. The lowest BCUT2D eigenvalue weighted by Crippen LogP contribution is -2.48. The fraction of sp³-hybridized carbons (Fsp3) is 0.600. The first-order valence-electron chi connectivity index (χ1n) is 11.8. The van der Waals surface area contributed by atoms with Gasteiger partial charge in [-0.15, -0.1) is 0 Å². The molecule has 0 N–H and O–H groups in total. The maximum absolute atomic E-state index is 12.8. The number of hydrogen-bond acceptors (Lipinski definition) is 6. The second-order valence-corrected chi connectivity index (χ2v) is 10.9. The average molecular weight is 454 g/mol. The molecular weight excluding hydrogens is 419 g/mol. The van der Waals surface area contributed by atoms with E-state index in [1.54, 1.807) is 11.1 Å². The Bertz CT molecular complexity index is 1020. The van der Waals surface area contributed by atoms with Gasteiger partial charge in [0.1, 0.15) is 11.4 Å². The highest BCUT2D eigenvalue weighted by atomic mass is 16.7. The topological polar surface area (TPSA) is 70.1 Å². The van der Waals surface area contributed by atoms with E-state index in [2.05, 4.69) is 4.98 Å². The Kier molecular flexibility index (Phi) is 6.12. The molecular formula is C25H35BN2O5. The molecule has 0 aliphatic carbocycles. The third kappa shape index (κ3) is 4.97. The minimum Gasteiger partial charge on any atom is -0.468 e. The molecule has 0 radical (unpaired) electrons. The quantitative estimate of drug-likeness (QED) is 0.629. The lowest BCUT2D eigenvalue weighted by Gasteiger charge is -2.36. The molecule has 1 aromatic heterocycles. The van der Waals surface area contributed by atoms with Crippen molar-refractivity contribution in [2.75, 3.05) is 6.54 Å². The Morgan fingerprint density at radius 1 is 1.12 bits per heavy atom. The van der Waals surface area contributed by atoms with E-state index in [4.69, 9.17) is 18.8 Å². The summed E-state index contributed by atoms with van der Waals surface area (Å²) in [5.41, 5.74) is -0.469. The first-order chi connectivity index (χ1) is 15.4. The summed E-state index contributed by atoms with van der Waals surface area (Å²) in [6.07, 6.45) is 5.42. The molecule has 2 saturated heterocycles. The van der Waals surface area contributed by atoms with E-state index < -0.39 is 30.1 Å². The Morgan fingerprint density at radius 3 is 2.48 bits per heavy atom. The Labute approximate surface area is 196 Å². The maximum atomic E-state index is 12.8. The van der Waals surface area contributed by atoms with E-state index >= 15 is 0 Å². The van der Waals surface area contributed by atoms with E-state index in [9.17, 15) is 4.79 Å². The molecule has 0 spiro atoms. The van der Waals surface area contributed by atoms with Gasteiger partial charge >= 0.3 is 13.2 Å². The second-order valence-electron chi connectivity index (χ2n) is 10.9. The summed E-state index contributed by atoms with van der Waals surface area (Å²) in [5, 5.41) is 1.86. The number of fused-ring (bicyclic) bond motifs is 1. The van der Waals surface area contributed by atoms with Crippen LogP contribution >= 0.6 is 0 Å². The summed E-state index contributed by atoms with van der Waals surface area (Å²) in [6.45, 7) is 14.4. The van der Waals surface area contributed by atoms with E-state index in [-0.39, 0.29) is 6.09 Å². The van der Waals surface area contributed by atoms with Crippen LogP contribution in [-0.2, 0) is 14.0 Å². The number of likely N-dealkylation sites (tertiary alicyclic amines) is 1. The van der Waals surface area contributed by atoms with Crippen molar-refractivity contribution in [3.8, 4) is 5.75 Å². The molecule has 1 aromatic carbocycles. The predicted octanol–water partition coefficient (Wildman–Crippen LogP) is 4.66. The molecule has 2 aliphatic heterocycles. The maximum Gasteiger partial charge on any atom is 0.494 e. The average Bonchev–Trinajstić information content (AvgIpc) is 2.94. The summed E-state index contributed by atoms with van der Waals surface area (Å²) in [6, 6.07) is 6.04. The second kappa shape index (κ2) is 8.47. The summed E-state index contributed by atoms with van der Waals surface area (Å²) >= 11 is 0. The van der Waals surface area contributed by atoms with Gasteiger partial charge in [0, 0.05) is 29.9 Å². The largest absolute Gasteiger partial charge is 0.494 e. The van der Waals surface area contributed by atoms with E-state index in [1.165, 1.54) is 0 Å². The molecule has 2 fully saturated rings. The van der Waals surface area contributed by atoms with Crippen LogP contribution in [0.4, 0.5) is 4.79 Å². The lowest BCUT2D eigenvalue weighted by molar-refractivity contribution is -0.0338. The molecule has 33 heavy (non-hydrogen) atoms. The third-order valence-electron chi connectivity index (χ3n) is 6.61. The lowest BCUT2D eigenvalue weighted by atomic mass is 9.78. The van der Waals surface area contributed by atoms with Crippen LogP contribution in [0.5, 0.6) is 5.75 Å². The van der Waals surface area contributed by atoms with E-state index in [1.807, 2.05) is 72.9 Å². The number of carbonyl (C=O) groups excluding carboxylic acids is 1. The minimum absolute atomic E-state index is 0.349. The monoisotopic (exact) mass is 454 g/mol. The summed E-state index contributed by atoms with van der Waals surface area (Å²) in [5.74, 6) is 0.631. The van der Waals surface area contributed by atoms with Crippen LogP contribution in [-0.4, -0.2) is 52.7 Å². The number of ether oxygens (including phenoxy) is 2. The first-order valence-corrected chi connectivity index (χ1v) is 11.8. The molecule has 0 saturated carbocycles. The van der Waals surface area contributed by atoms with Crippen LogP contribution in [0.15, 0.2) is 30.6 Å². The van der Waals surface area contributed by atoms with Crippen molar-refractivity contribution < 1.29 is 23.6 Å². The molecule has 7 nitrogen and oxygen atoms in total. The molecule has 1 atom stereocenters. The summed E-state index contributed by atoms with van der Waals surface area (Å²) in [4.78, 5) is 18.8. The smallest absolute Gasteiger partial charge is 0.468 e. The molecule has 2 aliphatic rings. The highest BCUT2D eigenvalue weighted by Gasteiger charge is 2.51. The highest BCUT2D eigenvalue weighted by Crippen LogP contribution is 2.37. The fourth-order valence-corrected chi connectivity index (χ4v) is 4.07. The highest BCUT2D eigenvalue weighted by molar-refractivity contribution is 6.62. The van der Waals surface area contributed by atoms with Crippen molar-refractivity contribution in [1.29, 1.82) is 0 Å². The minimum atomic E-state index is -0.558. The van der Waals surface area contributed by atoms with Gasteiger partial charge in [0.15, 0.2) is 6.23 Å². The molecule has 4 rings (SSSR count). The van der Waals surface area contributed by atoms with Crippen molar-refractivity contribution in [2.45, 2.75) is 90.8 Å². The van der Waals surface area contributed by atoms with Crippen molar-refractivity contribution in [1.82, 2.24) is 9.88 Å². The van der Waals surface area contributed by atoms with Crippen molar-refractivity contribution >= 4 is 29.4 Å². The molecule has 3 heterocycles. The third-order valence-corrected chi connectivity index (χ3v) is 6.61. The van der Waals surface area contributed by atoms with Crippen molar-refractivity contribution in [3.05, 3.63) is 30.6 Å². The number of pyridine rings is 1. The number of rotatable bonds is 3. The zero-order valence-electron chi connectivity index (χ0n) is 20.8. The molecule has 1 unspecified atom stereocenters. The number of hydrogen-bond donors (Lipinski definition) is 0. The Morgan fingerprint density at radius 2 is 1.82 bits per heavy atom. The summed E-state index contributed by atoms with van der Waals surface area (Å²) < 4.78 is 24.5. The van der Waals surface area contributed by atoms with Gasteiger partial charge in [-0.2, -0.15) is 0 Å². The number of carbonyl (C=O) groups is 1. The van der Waals surface area contributed by atoms with E-state index in [0.717, 1.165) is 35.5 Å². The fourth-order valence-electron chi connectivity index (χ4n) is 4.07. The molecule has 8 heteroatoms. The number of amides is 1. The number of aromatic nitrogens is 1. The SMILES string of the molecule is CC(C)(C)OC(=O)N1CCCCC1Oc1cncc2ccc(B3OC(C)(C)C(C)(C)O3)cc12. The standard InChI is InChI=1S/C25H35BN2O5/c1-23(2,3)31-22(29)28-13-9-8-10-21(28)30-20-16-27-15-17-11-12-18(14-19(17)20)26-32-24(4,5)25(6,7)33-26/h11-12,14-16,21H,8-10,13H2,1-7H3. The van der Waals surface area contributed by atoms with Gasteiger partial charge in [0.25, 0.3) is 0 Å². The van der Waals surface area contributed by atoms with Gasteiger partial charge in [-0.25, -0.2) is 4.79 Å². The number of piperidine rings is 1. The van der Waals surface area contributed by atoms with Crippen LogP contribution in [0, 0.1) is 0 Å². The van der Waals surface area contributed by atoms with Gasteiger partial charge in [-0.3, -0.25) is 9.88 Å². The van der Waals surface area contributed by atoms with Crippen LogP contribution in [0.25, 0.3) is 10.8 Å². The van der Waals surface area contributed by atoms with Crippen LogP contribution in [0.1, 0.15) is 67.7 Å². The molecule has 0 bridgehead atoms. The Balaban J connectivity index is 1.61. The zero-order chi connectivity index (χ0) is 24.0. The van der Waals surface area contributed by atoms with Crippen LogP contribution < -0.4 is 10.2 Å². The van der Waals surface area contributed by atoms with Gasteiger partial charge in [-0.1, -0.05) is 18.2 Å². The van der Waals surface area contributed by atoms with Crippen LogP contribution in [0.2, 0.25) is 0 Å². The van der Waals surface area contributed by atoms with Crippen molar-refractivity contribution in [3.63, 3.8) is 0 Å². The van der Waals surface area contributed by atoms with Crippen LogP contribution in [0.3, 0.4) is 0 Å². The van der Waals surface area contributed by atoms with Gasteiger partial charge < -0.3 is 18.8 Å². The summed E-state index contributed by atoms with van der Waals surface area (Å²) in [7, 11) is -0.464. The van der Waals surface area contributed by atoms with E-state index in [0.29, 0.717) is 12.3 Å².